The van der Waals surface area contributed by atoms with Crippen molar-refractivity contribution in [3.63, 3.8) is 0 Å². The molecule has 1 fully saturated rings. The van der Waals surface area contributed by atoms with Crippen molar-refractivity contribution >= 4 is 10.9 Å². The van der Waals surface area contributed by atoms with Gasteiger partial charge in [-0.2, -0.15) is 5.10 Å². The summed E-state index contributed by atoms with van der Waals surface area (Å²) in [6.45, 7) is -0.0873. The molecule has 3 aromatic heterocycles. The summed E-state index contributed by atoms with van der Waals surface area (Å²) in [7, 11) is 0. The molecule has 5 rings (SSSR count). The Hall–Kier alpha value is -3.05. The zero-order valence-electron chi connectivity index (χ0n) is 15.6. The van der Waals surface area contributed by atoms with Crippen molar-refractivity contribution < 1.29 is 5.11 Å². The molecule has 0 bridgehead atoms. The van der Waals surface area contributed by atoms with Gasteiger partial charge < -0.3 is 5.11 Å². The molecule has 1 aliphatic rings. The van der Waals surface area contributed by atoms with Gasteiger partial charge in [0, 0.05) is 16.6 Å². The molecule has 0 spiro atoms. The van der Waals surface area contributed by atoms with Crippen LogP contribution in [0.2, 0.25) is 0 Å². The fourth-order valence-electron chi connectivity index (χ4n) is 3.78. The molecule has 1 saturated carbocycles. The minimum absolute atomic E-state index is 0.0873. The first-order valence-corrected chi connectivity index (χ1v) is 9.81. The fraction of sp³-hybridized carbons (Fsp3) is 0.261. The van der Waals surface area contributed by atoms with E-state index in [0.29, 0.717) is 11.5 Å². The number of benzene rings is 1. The molecule has 0 aliphatic heterocycles. The van der Waals surface area contributed by atoms with Gasteiger partial charge in [-0.15, -0.1) is 0 Å². The van der Waals surface area contributed by atoms with E-state index in [0.717, 1.165) is 34.5 Å². The second-order valence-electron chi connectivity index (χ2n) is 7.49. The van der Waals surface area contributed by atoms with Gasteiger partial charge in [0.25, 0.3) is 0 Å². The van der Waals surface area contributed by atoms with Crippen molar-refractivity contribution in [3.05, 3.63) is 72.2 Å². The number of fused-ring (bicyclic) bond motifs is 1. The molecule has 0 radical (unpaired) electrons. The Balaban J connectivity index is 1.53. The van der Waals surface area contributed by atoms with E-state index in [9.17, 15) is 5.11 Å². The van der Waals surface area contributed by atoms with Crippen LogP contribution in [0.25, 0.3) is 28.0 Å². The molecular weight excluding hydrogens is 348 g/mol. The summed E-state index contributed by atoms with van der Waals surface area (Å²) in [6, 6.07) is 18.2. The number of pyridine rings is 2. The van der Waals surface area contributed by atoms with Gasteiger partial charge in [-0.25, -0.2) is 9.67 Å². The van der Waals surface area contributed by atoms with Gasteiger partial charge in [0.1, 0.15) is 0 Å². The Morgan fingerprint density at radius 2 is 1.82 bits per heavy atom. The van der Waals surface area contributed by atoms with Crippen LogP contribution in [0.15, 0.2) is 60.8 Å². The minimum Gasteiger partial charge on any atom is -0.390 e. The van der Waals surface area contributed by atoms with E-state index < -0.39 is 0 Å². The van der Waals surface area contributed by atoms with Crippen molar-refractivity contribution in [3.8, 4) is 17.1 Å². The maximum atomic E-state index is 9.38. The normalized spacial score (nSPS) is 14.3. The lowest BCUT2D eigenvalue weighted by molar-refractivity contribution is 0.276. The first-order chi connectivity index (χ1) is 13.8. The molecule has 1 aromatic carbocycles. The Morgan fingerprint density at radius 1 is 0.964 bits per heavy atom. The third-order valence-corrected chi connectivity index (χ3v) is 5.57. The van der Waals surface area contributed by atoms with Crippen LogP contribution in [0.5, 0.6) is 0 Å². The Bertz CT molecular complexity index is 1130. The standard InChI is InChI=1S/C23H22N4O/c28-15-20-7-3-9-23(26-20)27-22-13-17(10-11-18(22)14-24-27)21-8-2-6-19(25-21)12-16-4-1-5-16/h2-3,6-11,13-14,16,28H,1,4-5,12,15H2. The lowest BCUT2D eigenvalue weighted by atomic mass is 9.82. The summed E-state index contributed by atoms with van der Waals surface area (Å²) in [5.74, 6) is 1.50. The molecule has 0 atom stereocenters. The number of hydrogen-bond donors (Lipinski definition) is 1. The van der Waals surface area contributed by atoms with Crippen LogP contribution in [-0.2, 0) is 13.0 Å². The Morgan fingerprint density at radius 3 is 2.64 bits per heavy atom. The summed E-state index contributed by atoms with van der Waals surface area (Å²) in [4.78, 5) is 9.39. The van der Waals surface area contributed by atoms with E-state index in [1.54, 1.807) is 6.07 Å². The first kappa shape index (κ1) is 17.1. The largest absolute Gasteiger partial charge is 0.390 e. The maximum absolute atomic E-state index is 9.38. The summed E-state index contributed by atoms with van der Waals surface area (Å²) >= 11 is 0. The van der Waals surface area contributed by atoms with Crippen molar-refractivity contribution in [2.45, 2.75) is 32.3 Å². The minimum atomic E-state index is -0.0873. The van der Waals surface area contributed by atoms with Gasteiger partial charge in [0.05, 0.1) is 29.7 Å². The molecule has 1 aliphatic carbocycles. The van der Waals surface area contributed by atoms with Crippen LogP contribution in [0.1, 0.15) is 30.7 Å². The quantitative estimate of drug-likeness (QED) is 0.568. The summed E-state index contributed by atoms with van der Waals surface area (Å²) in [5.41, 5.74) is 4.84. The van der Waals surface area contributed by atoms with Gasteiger partial charge in [0.2, 0.25) is 0 Å². The molecule has 1 N–H and O–H groups in total. The highest BCUT2D eigenvalue weighted by atomic mass is 16.3. The van der Waals surface area contributed by atoms with Crippen LogP contribution in [0.3, 0.4) is 0 Å². The average molecular weight is 370 g/mol. The van der Waals surface area contributed by atoms with Crippen LogP contribution < -0.4 is 0 Å². The predicted molar refractivity (Wildman–Crippen MR) is 109 cm³/mol. The van der Waals surface area contributed by atoms with Crippen molar-refractivity contribution in [2.24, 2.45) is 5.92 Å². The van der Waals surface area contributed by atoms with Gasteiger partial charge in [-0.05, 0) is 42.7 Å². The number of rotatable bonds is 5. The van der Waals surface area contributed by atoms with Crippen molar-refractivity contribution in [1.29, 1.82) is 0 Å². The second kappa shape index (κ2) is 7.17. The molecule has 0 saturated heterocycles. The molecule has 0 unspecified atom stereocenters. The van der Waals surface area contributed by atoms with Gasteiger partial charge in [-0.1, -0.05) is 43.5 Å². The first-order valence-electron chi connectivity index (χ1n) is 9.81. The number of aliphatic hydroxyl groups is 1. The maximum Gasteiger partial charge on any atom is 0.154 e. The molecule has 4 aromatic rings. The molecule has 3 heterocycles. The molecule has 0 amide bonds. The van der Waals surface area contributed by atoms with E-state index in [2.05, 4.69) is 46.5 Å². The second-order valence-corrected chi connectivity index (χ2v) is 7.49. The highest BCUT2D eigenvalue weighted by Crippen LogP contribution is 2.30. The lowest BCUT2D eigenvalue weighted by Crippen LogP contribution is -2.14. The molecule has 5 heteroatoms. The fourth-order valence-corrected chi connectivity index (χ4v) is 3.78. The third kappa shape index (κ3) is 3.18. The van der Waals surface area contributed by atoms with Crippen LogP contribution >= 0.6 is 0 Å². The van der Waals surface area contributed by atoms with Gasteiger partial charge >= 0.3 is 0 Å². The summed E-state index contributed by atoms with van der Waals surface area (Å²) in [6.07, 6.45) is 6.93. The molecule has 5 nitrogen and oxygen atoms in total. The number of aliphatic hydroxyl groups excluding tert-OH is 1. The Labute approximate surface area is 163 Å². The van der Waals surface area contributed by atoms with E-state index in [-0.39, 0.29) is 6.61 Å². The van der Waals surface area contributed by atoms with E-state index in [1.165, 1.54) is 25.0 Å². The number of aromatic nitrogens is 4. The summed E-state index contributed by atoms with van der Waals surface area (Å²) < 4.78 is 1.82. The number of hydrogen-bond acceptors (Lipinski definition) is 4. The van der Waals surface area contributed by atoms with Crippen molar-refractivity contribution in [1.82, 2.24) is 19.7 Å². The smallest absolute Gasteiger partial charge is 0.154 e. The average Bonchev–Trinajstić information content (AvgIpc) is 3.14. The monoisotopic (exact) mass is 370 g/mol. The molecule has 28 heavy (non-hydrogen) atoms. The van der Waals surface area contributed by atoms with E-state index in [4.69, 9.17) is 4.98 Å². The van der Waals surface area contributed by atoms with Crippen molar-refractivity contribution in [2.75, 3.05) is 0 Å². The van der Waals surface area contributed by atoms with Crippen LogP contribution in [0, 0.1) is 5.92 Å². The highest BCUT2D eigenvalue weighted by molar-refractivity contribution is 5.84. The molecule has 140 valence electrons. The van der Waals surface area contributed by atoms with Crippen LogP contribution in [-0.4, -0.2) is 24.9 Å². The van der Waals surface area contributed by atoms with Gasteiger partial charge in [-0.3, -0.25) is 4.98 Å². The summed E-state index contributed by atoms with van der Waals surface area (Å²) in [5, 5.41) is 14.9. The highest BCUT2D eigenvalue weighted by Gasteiger charge is 2.18. The zero-order chi connectivity index (χ0) is 18.9. The Kier molecular flexibility index (Phi) is 4.37. The van der Waals surface area contributed by atoms with E-state index >= 15 is 0 Å². The SMILES string of the molecule is OCc1cccc(-n2ncc3ccc(-c4cccc(CC5CCC5)n4)cc32)n1. The third-order valence-electron chi connectivity index (χ3n) is 5.57. The zero-order valence-corrected chi connectivity index (χ0v) is 15.6. The lowest BCUT2D eigenvalue weighted by Gasteiger charge is -2.24. The van der Waals surface area contributed by atoms with Gasteiger partial charge in [0.15, 0.2) is 5.82 Å². The predicted octanol–water partition coefficient (Wildman–Crippen LogP) is 4.32. The topological polar surface area (TPSA) is 63.8 Å². The van der Waals surface area contributed by atoms with E-state index in [1.807, 2.05) is 23.0 Å². The number of nitrogens with zero attached hydrogens (tertiary/aromatic N) is 4. The van der Waals surface area contributed by atoms with Crippen LogP contribution in [0.4, 0.5) is 0 Å². The molecular formula is C23H22N4O.